The van der Waals surface area contributed by atoms with Crippen molar-refractivity contribution < 1.29 is 0 Å². The quantitative estimate of drug-likeness (QED) is 0.232. The molecule has 0 atom stereocenters. The third kappa shape index (κ3) is 3.26. The van der Waals surface area contributed by atoms with Gasteiger partial charge in [0.15, 0.2) is 0 Å². The van der Waals surface area contributed by atoms with Gasteiger partial charge in [-0.15, -0.1) is 0 Å². The normalized spacial score (nSPS) is 11.9. The maximum atomic E-state index is 5.27. The van der Waals surface area contributed by atoms with Crippen LogP contribution in [-0.2, 0) is 0 Å². The highest BCUT2D eigenvalue weighted by atomic mass is 15.2. The van der Waals surface area contributed by atoms with E-state index in [1.54, 1.807) is 0 Å². The molecule has 0 unspecified atom stereocenters. The summed E-state index contributed by atoms with van der Waals surface area (Å²) in [6.45, 7) is 0. The maximum absolute atomic E-state index is 5.27. The van der Waals surface area contributed by atoms with Crippen molar-refractivity contribution in [1.29, 1.82) is 0 Å². The fourth-order valence-corrected chi connectivity index (χ4v) is 6.47. The number of benzene rings is 6. The Morgan fingerprint density at radius 3 is 1.61 bits per heavy atom. The van der Waals surface area contributed by atoms with Gasteiger partial charge in [0.05, 0.1) is 22.2 Å². The van der Waals surface area contributed by atoms with Crippen molar-refractivity contribution in [3.05, 3.63) is 140 Å². The Bertz CT molecular complexity index is 2200. The lowest BCUT2D eigenvalue weighted by atomic mass is 10.0. The van der Waals surface area contributed by atoms with Crippen LogP contribution in [0.3, 0.4) is 0 Å². The molecule has 0 fully saturated rings. The lowest BCUT2D eigenvalue weighted by molar-refractivity contribution is 1.02. The van der Waals surface area contributed by atoms with E-state index in [0.717, 1.165) is 27.6 Å². The van der Waals surface area contributed by atoms with Crippen LogP contribution in [0.5, 0.6) is 0 Å². The minimum Gasteiger partial charge on any atom is -0.278 e. The van der Waals surface area contributed by atoms with Gasteiger partial charge in [-0.3, -0.25) is 4.57 Å². The monoisotopic (exact) mass is 521 g/mol. The SMILES string of the molecule is c1ccc(-c2ccc3c(c2)c2cc(-c4ccccc4)ccc2n3-c2nc3c4c(cccc4n2)-c2ccccc2-3)cc1. The predicted molar refractivity (Wildman–Crippen MR) is 169 cm³/mol. The molecular weight excluding hydrogens is 498 g/mol. The number of nitrogens with zero attached hydrogens (tertiary/aromatic N) is 3. The van der Waals surface area contributed by atoms with Gasteiger partial charge in [-0.1, -0.05) is 109 Å². The highest BCUT2D eigenvalue weighted by Gasteiger charge is 2.25. The Kier molecular flexibility index (Phi) is 4.61. The van der Waals surface area contributed by atoms with E-state index in [4.69, 9.17) is 9.97 Å². The smallest absolute Gasteiger partial charge is 0.235 e. The molecule has 2 heterocycles. The van der Waals surface area contributed by atoms with E-state index in [2.05, 4.69) is 144 Å². The van der Waals surface area contributed by atoms with Crippen LogP contribution in [0.1, 0.15) is 0 Å². The van der Waals surface area contributed by atoms with Crippen LogP contribution in [0.25, 0.3) is 83.3 Å². The third-order valence-corrected chi connectivity index (χ3v) is 8.36. The molecule has 1 aliphatic rings. The number of fused-ring (bicyclic) bond motifs is 6. The molecule has 0 saturated heterocycles. The van der Waals surface area contributed by atoms with Gasteiger partial charge >= 0.3 is 0 Å². The van der Waals surface area contributed by atoms with Gasteiger partial charge in [0.25, 0.3) is 0 Å². The summed E-state index contributed by atoms with van der Waals surface area (Å²) in [4.78, 5) is 10.4. The number of rotatable bonds is 3. The standard InChI is InChI=1S/C38H23N3/c1-3-10-24(11-4-1)26-18-20-34-31(22-26)32-23-27(25-12-5-2-6-13-25)19-21-35(32)41(34)38-39-33-17-9-16-29-28-14-7-8-15-30(28)37(40-38)36(29)33/h1-23H. The second-order valence-corrected chi connectivity index (χ2v) is 10.6. The molecule has 190 valence electrons. The van der Waals surface area contributed by atoms with E-state index in [9.17, 15) is 0 Å². The molecular formula is C38H23N3. The maximum Gasteiger partial charge on any atom is 0.235 e. The third-order valence-electron chi connectivity index (χ3n) is 8.36. The fourth-order valence-electron chi connectivity index (χ4n) is 6.47. The van der Waals surface area contributed by atoms with Crippen molar-refractivity contribution in [3.63, 3.8) is 0 Å². The first-order valence-corrected chi connectivity index (χ1v) is 13.9. The molecule has 0 N–H and O–H groups in total. The topological polar surface area (TPSA) is 30.7 Å². The largest absolute Gasteiger partial charge is 0.278 e. The molecule has 6 aromatic carbocycles. The van der Waals surface area contributed by atoms with Gasteiger partial charge < -0.3 is 0 Å². The van der Waals surface area contributed by atoms with Crippen LogP contribution in [-0.4, -0.2) is 14.5 Å². The first kappa shape index (κ1) is 22.3. The molecule has 0 bridgehead atoms. The molecule has 9 rings (SSSR count). The number of aromatic nitrogens is 3. The molecule has 0 saturated carbocycles. The first-order chi connectivity index (χ1) is 20.3. The molecule has 1 aliphatic carbocycles. The summed E-state index contributed by atoms with van der Waals surface area (Å²) in [5.41, 5.74) is 12.6. The first-order valence-electron chi connectivity index (χ1n) is 13.9. The summed E-state index contributed by atoms with van der Waals surface area (Å²) in [5.74, 6) is 0.696. The van der Waals surface area contributed by atoms with E-state index in [1.165, 1.54) is 49.7 Å². The average molecular weight is 522 g/mol. The van der Waals surface area contributed by atoms with Crippen molar-refractivity contribution >= 4 is 32.7 Å². The van der Waals surface area contributed by atoms with Gasteiger partial charge in [0.1, 0.15) is 0 Å². The van der Waals surface area contributed by atoms with Crippen LogP contribution in [0.15, 0.2) is 140 Å². The van der Waals surface area contributed by atoms with Gasteiger partial charge in [-0.05, 0) is 63.7 Å². The van der Waals surface area contributed by atoms with Crippen molar-refractivity contribution in [2.45, 2.75) is 0 Å². The Balaban J connectivity index is 1.36. The van der Waals surface area contributed by atoms with Crippen LogP contribution < -0.4 is 0 Å². The van der Waals surface area contributed by atoms with Crippen LogP contribution in [0, 0.1) is 0 Å². The van der Waals surface area contributed by atoms with E-state index >= 15 is 0 Å². The second-order valence-electron chi connectivity index (χ2n) is 10.6. The van der Waals surface area contributed by atoms with E-state index in [0.29, 0.717) is 5.95 Å². The molecule has 0 radical (unpaired) electrons. The van der Waals surface area contributed by atoms with E-state index in [-0.39, 0.29) is 0 Å². The van der Waals surface area contributed by atoms with Gasteiger partial charge in [0, 0.05) is 21.7 Å². The Labute approximate surface area is 237 Å². The molecule has 0 spiro atoms. The molecule has 0 aliphatic heterocycles. The molecule has 2 aromatic heterocycles. The molecule has 3 nitrogen and oxygen atoms in total. The van der Waals surface area contributed by atoms with Crippen molar-refractivity contribution in [2.75, 3.05) is 0 Å². The summed E-state index contributed by atoms with van der Waals surface area (Å²) >= 11 is 0. The summed E-state index contributed by atoms with van der Waals surface area (Å²) < 4.78 is 2.23. The second kappa shape index (κ2) is 8.48. The van der Waals surface area contributed by atoms with Gasteiger partial charge in [-0.25, -0.2) is 9.97 Å². The summed E-state index contributed by atoms with van der Waals surface area (Å²) in [6, 6.07) is 49.6. The Morgan fingerprint density at radius 2 is 0.976 bits per heavy atom. The molecule has 8 aromatic rings. The predicted octanol–water partition coefficient (Wildman–Crippen LogP) is 9.71. The van der Waals surface area contributed by atoms with E-state index < -0.39 is 0 Å². The molecule has 3 heteroatoms. The number of hydrogen-bond donors (Lipinski definition) is 0. The highest BCUT2D eigenvalue weighted by Crippen LogP contribution is 2.46. The van der Waals surface area contributed by atoms with Crippen LogP contribution >= 0.6 is 0 Å². The van der Waals surface area contributed by atoms with Crippen LogP contribution in [0.4, 0.5) is 0 Å². The minimum absolute atomic E-state index is 0.696. The highest BCUT2D eigenvalue weighted by molar-refractivity contribution is 6.14. The molecule has 0 amide bonds. The number of hydrogen-bond acceptors (Lipinski definition) is 2. The van der Waals surface area contributed by atoms with Crippen molar-refractivity contribution in [2.24, 2.45) is 0 Å². The van der Waals surface area contributed by atoms with Gasteiger partial charge in [-0.2, -0.15) is 0 Å². The zero-order valence-electron chi connectivity index (χ0n) is 22.1. The van der Waals surface area contributed by atoms with Crippen LogP contribution in [0.2, 0.25) is 0 Å². The minimum atomic E-state index is 0.696. The van der Waals surface area contributed by atoms with Crippen molar-refractivity contribution in [3.8, 4) is 50.6 Å². The zero-order valence-corrected chi connectivity index (χ0v) is 22.1. The summed E-state index contributed by atoms with van der Waals surface area (Å²) in [5, 5.41) is 3.51. The summed E-state index contributed by atoms with van der Waals surface area (Å²) in [7, 11) is 0. The lowest BCUT2D eigenvalue weighted by Crippen LogP contribution is -2.02. The fraction of sp³-hybridized carbons (Fsp3) is 0. The molecule has 41 heavy (non-hydrogen) atoms. The summed E-state index contributed by atoms with van der Waals surface area (Å²) in [6.07, 6.45) is 0. The van der Waals surface area contributed by atoms with E-state index in [1.807, 2.05) is 0 Å². The Morgan fingerprint density at radius 1 is 0.415 bits per heavy atom. The Hall–Kier alpha value is -5.54. The lowest BCUT2D eigenvalue weighted by Gasteiger charge is -2.10. The van der Waals surface area contributed by atoms with Gasteiger partial charge in [0.2, 0.25) is 5.95 Å². The average Bonchev–Trinajstić information content (AvgIpc) is 3.55. The zero-order chi connectivity index (χ0) is 26.9. The van der Waals surface area contributed by atoms with Crippen molar-refractivity contribution in [1.82, 2.24) is 14.5 Å².